The Kier molecular flexibility index (Phi) is 6.21. The van der Waals surface area contributed by atoms with E-state index >= 15 is 0 Å². The zero-order valence-electron chi connectivity index (χ0n) is 14.0. The first-order valence-corrected chi connectivity index (χ1v) is 8.77. The molecule has 1 heterocycles. The summed E-state index contributed by atoms with van der Waals surface area (Å²) >= 11 is 11.9. The maximum atomic E-state index is 11.9. The zero-order chi connectivity index (χ0) is 19.2. The van der Waals surface area contributed by atoms with Crippen LogP contribution in [0.4, 0.5) is 5.69 Å². The Hall–Kier alpha value is -2.70. The van der Waals surface area contributed by atoms with E-state index in [0.717, 1.165) is 5.56 Å². The van der Waals surface area contributed by atoms with Gasteiger partial charge in [-0.15, -0.1) is 0 Å². The summed E-state index contributed by atoms with van der Waals surface area (Å²) in [5.41, 5.74) is 1.09. The van der Waals surface area contributed by atoms with Crippen LogP contribution in [-0.2, 0) is 14.3 Å². The van der Waals surface area contributed by atoms with Crippen LogP contribution in [0, 0.1) is 0 Å². The van der Waals surface area contributed by atoms with E-state index in [-0.39, 0.29) is 5.02 Å². The number of carbonyl (C=O) groups excluding carboxylic acids is 2. The third kappa shape index (κ3) is 5.15. The summed E-state index contributed by atoms with van der Waals surface area (Å²) in [5.74, 6) is 0.101. The lowest BCUT2D eigenvalue weighted by molar-refractivity contribution is -0.142. The normalized spacial score (nSPS) is 12.7. The highest BCUT2D eigenvalue weighted by atomic mass is 35.5. The first kappa shape index (κ1) is 19.1. The van der Waals surface area contributed by atoms with Crippen molar-refractivity contribution in [3.63, 3.8) is 0 Å². The highest BCUT2D eigenvalue weighted by Gasteiger charge is 2.12. The fourth-order valence-corrected chi connectivity index (χ4v) is 2.65. The number of hydrogen-bond donors (Lipinski definition) is 1. The summed E-state index contributed by atoms with van der Waals surface area (Å²) in [5, 5.41) is 3.06. The average molecular weight is 408 g/mol. The van der Waals surface area contributed by atoms with E-state index in [4.69, 9.17) is 37.4 Å². The van der Waals surface area contributed by atoms with Gasteiger partial charge in [-0.1, -0.05) is 35.3 Å². The number of amides is 1. The second-order valence-electron chi connectivity index (χ2n) is 5.49. The molecule has 0 saturated carbocycles. The topological polar surface area (TPSA) is 73.9 Å². The second kappa shape index (κ2) is 8.79. The number of nitrogens with one attached hydrogen (secondary N) is 1. The maximum Gasteiger partial charge on any atom is 0.331 e. The van der Waals surface area contributed by atoms with Gasteiger partial charge in [-0.05, 0) is 35.9 Å². The van der Waals surface area contributed by atoms with Crippen LogP contribution in [-0.4, -0.2) is 31.7 Å². The third-order valence-corrected chi connectivity index (χ3v) is 4.37. The molecule has 3 rings (SSSR count). The van der Waals surface area contributed by atoms with Crippen molar-refractivity contribution in [2.45, 2.75) is 0 Å². The standard InChI is InChI=1S/C19H15Cl2NO5/c20-13-2-1-3-14(19(13)21)22-17(23)11-27-18(24)7-5-12-4-6-15-16(10-12)26-9-8-25-15/h1-7,10H,8-9,11H2,(H,22,23)/b7-5+. The highest BCUT2D eigenvalue weighted by molar-refractivity contribution is 6.44. The van der Waals surface area contributed by atoms with Gasteiger partial charge in [0, 0.05) is 6.08 Å². The molecule has 140 valence electrons. The van der Waals surface area contributed by atoms with Gasteiger partial charge >= 0.3 is 5.97 Å². The van der Waals surface area contributed by atoms with E-state index in [1.807, 2.05) is 0 Å². The van der Waals surface area contributed by atoms with Gasteiger partial charge in [-0.25, -0.2) is 4.79 Å². The molecular weight excluding hydrogens is 393 g/mol. The van der Waals surface area contributed by atoms with E-state index in [0.29, 0.717) is 35.4 Å². The van der Waals surface area contributed by atoms with Crippen molar-refractivity contribution in [2.75, 3.05) is 25.1 Å². The minimum absolute atomic E-state index is 0.220. The first-order valence-electron chi connectivity index (χ1n) is 8.01. The van der Waals surface area contributed by atoms with Crippen molar-refractivity contribution in [2.24, 2.45) is 0 Å². The number of anilines is 1. The van der Waals surface area contributed by atoms with Crippen molar-refractivity contribution < 1.29 is 23.8 Å². The quantitative estimate of drug-likeness (QED) is 0.599. The van der Waals surface area contributed by atoms with Gasteiger partial charge in [0.2, 0.25) is 0 Å². The fraction of sp³-hybridized carbons (Fsp3) is 0.158. The average Bonchev–Trinajstić information content (AvgIpc) is 2.68. The number of ether oxygens (including phenoxy) is 3. The Morgan fingerprint density at radius 2 is 1.89 bits per heavy atom. The molecule has 0 aromatic heterocycles. The molecule has 1 amide bonds. The molecule has 27 heavy (non-hydrogen) atoms. The van der Waals surface area contributed by atoms with Gasteiger partial charge in [0.1, 0.15) is 13.2 Å². The van der Waals surface area contributed by atoms with Crippen LogP contribution >= 0.6 is 23.2 Å². The van der Waals surface area contributed by atoms with Gasteiger partial charge in [-0.3, -0.25) is 4.79 Å². The lowest BCUT2D eigenvalue weighted by Gasteiger charge is -2.18. The van der Waals surface area contributed by atoms with E-state index in [2.05, 4.69) is 5.32 Å². The number of halogens is 2. The lowest BCUT2D eigenvalue weighted by atomic mass is 10.2. The molecule has 1 N–H and O–H groups in total. The zero-order valence-corrected chi connectivity index (χ0v) is 15.5. The molecule has 0 radical (unpaired) electrons. The van der Waals surface area contributed by atoms with Gasteiger partial charge < -0.3 is 19.5 Å². The number of esters is 1. The van der Waals surface area contributed by atoms with Gasteiger partial charge in [0.25, 0.3) is 5.91 Å². The number of hydrogen-bond acceptors (Lipinski definition) is 5. The monoisotopic (exact) mass is 407 g/mol. The van der Waals surface area contributed by atoms with Crippen molar-refractivity contribution in [1.29, 1.82) is 0 Å². The minimum Gasteiger partial charge on any atom is -0.486 e. The SMILES string of the molecule is O=C(COC(=O)/C=C/c1ccc2c(c1)OCCO2)Nc1cccc(Cl)c1Cl. The summed E-state index contributed by atoms with van der Waals surface area (Å²) in [6.45, 7) is 0.540. The molecule has 1 aliphatic rings. The molecular formula is C19H15Cl2NO5. The first-order chi connectivity index (χ1) is 13.0. The van der Waals surface area contributed by atoms with Crippen LogP contribution in [0.2, 0.25) is 10.0 Å². The molecule has 0 aliphatic carbocycles. The van der Waals surface area contributed by atoms with Crippen LogP contribution in [0.3, 0.4) is 0 Å². The summed E-state index contributed by atoms with van der Waals surface area (Å²) in [7, 11) is 0. The Morgan fingerprint density at radius 3 is 2.70 bits per heavy atom. The Balaban J connectivity index is 1.51. The summed E-state index contributed by atoms with van der Waals surface area (Å²) in [6, 6.07) is 10.1. The summed E-state index contributed by atoms with van der Waals surface area (Å²) in [4.78, 5) is 23.7. The highest BCUT2D eigenvalue weighted by Crippen LogP contribution is 2.31. The number of fused-ring (bicyclic) bond motifs is 1. The van der Waals surface area contributed by atoms with Crippen molar-refractivity contribution >= 4 is 46.8 Å². The number of rotatable bonds is 5. The van der Waals surface area contributed by atoms with Crippen molar-refractivity contribution in [3.8, 4) is 11.5 Å². The molecule has 2 aromatic rings. The fourth-order valence-electron chi connectivity index (χ4n) is 2.30. The predicted molar refractivity (Wildman–Crippen MR) is 103 cm³/mol. The molecule has 8 heteroatoms. The van der Waals surface area contributed by atoms with Gasteiger partial charge in [0.15, 0.2) is 18.1 Å². The smallest absolute Gasteiger partial charge is 0.331 e. The molecule has 6 nitrogen and oxygen atoms in total. The van der Waals surface area contributed by atoms with E-state index in [1.54, 1.807) is 42.5 Å². The van der Waals surface area contributed by atoms with Crippen LogP contribution < -0.4 is 14.8 Å². The minimum atomic E-state index is -0.655. The second-order valence-corrected chi connectivity index (χ2v) is 6.28. The molecule has 1 aliphatic heterocycles. The van der Waals surface area contributed by atoms with Crippen LogP contribution in [0.5, 0.6) is 11.5 Å². The summed E-state index contributed by atoms with van der Waals surface area (Å²) in [6.07, 6.45) is 2.79. The molecule has 0 unspecified atom stereocenters. The Bertz CT molecular complexity index is 898. The molecule has 0 spiro atoms. The third-order valence-electron chi connectivity index (χ3n) is 3.55. The maximum absolute atomic E-state index is 11.9. The Morgan fingerprint density at radius 1 is 1.11 bits per heavy atom. The molecule has 0 saturated heterocycles. The van der Waals surface area contributed by atoms with E-state index in [9.17, 15) is 9.59 Å². The summed E-state index contributed by atoms with van der Waals surface area (Å²) < 4.78 is 15.8. The lowest BCUT2D eigenvalue weighted by Crippen LogP contribution is -2.20. The van der Waals surface area contributed by atoms with Crippen LogP contribution in [0.25, 0.3) is 6.08 Å². The van der Waals surface area contributed by atoms with Crippen molar-refractivity contribution in [1.82, 2.24) is 0 Å². The van der Waals surface area contributed by atoms with Gasteiger partial charge in [-0.2, -0.15) is 0 Å². The van der Waals surface area contributed by atoms with Crippen LogP contribution in [0.1, 0.15) is 5.56 Å². The van der Waals surface area contributed by atoms with E-state index < -0.39 is 18.5 Å². The predicted octanol–water partition coefficient (Wildman–Crippen LogP) is 3.96. The molecule has 0 bridgehead atoms. The molecule has 0 fully saturated rings. The molecule has 0 atom stereocenters. The van der Waals surface area contributed by atoms with Crippen LogP contribution in [0.15, 0.2) is 42.5 Å². The number of carbonyl (C=O) groups is 2. The molecule has 2 aromatic carbocycles. The number of benzene rings is 2. The largest absolute Gasteiger partial charge is 0.486 e. The van der Waals surface area contributed by atoms with Gasteiger partial charge in [0.05, 0.1) is 15.7 Å². The van der Waals surface area contributed by atoms with E-state index in [1.165, 1.54) is 6.08 Å². The Labute approximate surface area is 165 Å². The van der Waals surface area contributed by atoms with Crippen molar-refractivity contribution in [3.05, 3.63) is 58.1 Å².